The number of hydrogen-bond acceptors (Lipinski definition) is 4. The SMILES string of the molecule is Cc1ccc(-c2nc(C(C)(C)C)no2)cn1. The normalized spacial score (nSPS) is 11.8. The van der Waals surface area contributed by atoms with Crippen LogP contribution in [0, 0.1) is 6.92 Å². The van der Waals surface area contributed by atoms with Crippen molar-refractivity contribution >= 4 is 0 Å². The molecular weight excluding hydrogens is 202 g/mol. The molecule has 84 valence electrons. The average Bonchev–Trinajstić information content (AvgIpc) is 2.67. The van der Waals surface area contributed by atoms with Crippen LogP contribution in [0.1, 0.15) is 32.3 Å². The predicted molar refractivity (Wildman–Crippen MR) is 61.0 cm³/mol. The first-order valence-electron chi connectivity index (χ1n) is 5.24. The molecule has 0 radical (unpaired) electrons. The van der Waals surface area contributed by atoms with Crippen LogP contribution in [0.3, 0.4) is 0 Å². The van der Waals surface area contributed by atoms with Gasteiger partial charge in [0.05, 0.1) is 5.56 Å². The van der Waals surface area contributed by atoms with Crippen LogP contribution in [0.25, 0.3) is 11.5 Å². The Morgan fingerprint density at radius 1 is 1.19 bits per heavy atom. The fourth-order valence-corrected chi connectivity index (χ4v) is 1.24. The van der Waals surface area contributed by atoms with Gasteiger partial charge < -0.3 is 4.52 Å². The summed E-state index contributed by atoms with van der Waals surface area (Å²) >= 11 is 0. The largest absolute Gasteiger partial charge is 0.334 e. The number of aromatic nitrogens is 3. The monoisotopic (exact) mass is 217 g/mol. The van der Waals surface area contributed by atoms with Crippen LogP contribution in [0.4, 0.5) is 0 Å². The molecule has 2 aromatic rings. The molecule has 2 heterocycles. The maximum absolute atomic E-state index is 5.22. The van der Waals surface area contributed by atoms with Crippen LogP contribution in [-0.2, 0) is 5.41 Å². The molecule has 0 saturated carbocycles. The molecule has 0 aliphatic heterocycles. The Bertz CT molecular complexity index is 480. The molecule has 16 heavy (non-hydrogen) atoms. The van der Waals surface area contributed by atoms with Crippen LogP contribution in [0.2, 0.25) is 0 Å². The first kappa shape index (κ1) is 10.8. The maximum atomic E-state index is 5.22. The number of nitrogens with zero attached hydrogens (tertiary/aromatic N) is 3. The van der Waals surface area contributed by atoms with E-state index >= 15 is 0 Å². The molecule has 0 fully saturated rings. The lowest BCUT2D eigenvalue weighted by molar-refractivity contribution is 0.402. The Balaban J connectivity index is 2.35. The third-order valence-corrected chi connectivity index (χ3v) is 2.26. The molecule has 4 heteroatoms. The summed E-state index contributed by atoms with van der Waals surface area (Å²) in [6.45, 7) is 8.09. The van der Waals surface area contributed by atoms with Crippen LogP contribution in [-0.4, -0.2) is 15.1 Å². The number of rotatable bonds is 1. The predicted octanol–water partition coefficient (Wildman–Crippen LogP) is 2.74. The second-order valence-electron chi connectivity index (χ2n) is 4.86. The van der Waals surface area contributed by atoms with Gasteiger partial charge in [-0.2, -0.15) is 4.98 Å². The number of hydrogen-bond donors (Lipinski definition) is 0. The topological polar surface area (TPSA) is 51.8 Å². The van der Waals surface area contributed by atoms with Gasteiger partial charge in [0.2, 0.25) is 0 Å². The van der Waals surface area contributed by atoms with E-state index in [4.69, 9.17) is 4.52 Å². The summed E-state index contributed by atoms with van der Waals surface area (Å²) in [5.41, 5.74) is 1.73. The highest BCUT2D eigenvalue weighted by atomic mass is 16.5. The number of aryl methyl sites for hydroxylation is 1. The maximum Gasteiger partial charge on any atom is 0.259 e. The second-order valence-corrected chi connectivity index (χ2v) is 4.86. The molecule has 0 atom stereocenters. The minimum Gasteiger partial charge on any atom is -0.334 e. The first-order valence-corrected chi connectivity index (χ1v) is 5.24. The summed E-state index contributed by atoms with van der Waals surface area (Å²) < 4.78 is 5.22. The summed E-state index contributed by atoms with van der Waals surface area (Å²) in [6, 6.07) is 3.86. The minimum atomic E-state index is -0.0973. The molecule has 0 amide bonds. The Labute approximate surface area is 94.7 Å². The molecule has 4 nitrogen and oxygen atoms in total. The van der Waals surface area contributed by atoms with Crippen LogP contribution >= 0.6 is 0 Å². The zero-order valence-corrected chi connectivity index (χ0v) is 9.98. The van der Waals surface area contributed by atoms with Crippen molar-refractivity contribution in [2.75, 3.05) is 0 Å². The van der Waals surface area contributed by atoms with Crippen molar-refractivity contribution < 1.29 is 4.52 Å². The highest BCUT2D eigenvalue weighted by Crippen LogP contribution is 2.22. The minimum absolute atomic E-state index is 0.0973. The van der Waals surface area contributed by atoms with Gasteiger partial charge in [-0.05, 0) is 19.1 Å². The third kappa shape index (κ3) is 2.10. The van der Waals surface area contributed by atoms with Crippen molar-refractivity contribution in [3.63, 3.8) is 0 Å². The van der Waals surface area contributed by atoms with E-state index in [1.807, 2.05) is 19.1 Å². The Kier molecular flexibility index (Phi) is 2.50. The summed E-state index contributed by atoms with van der Waals surface area (Å²) in [6.07, 6.45) is 1.75. The quantitative estimate of drug-likeness (QED) is 0.737. The van der Waals surface area contributed by atoms with Gasteiger partial charge in [0, 0.05) is 17.3 Å². The first-order chi connectivity index (χ1) is 7.47. The van der Waals surface area contributed by atoms with E-state index in [-0.39, 0.29) is 5.41 Å². The number of pyridine rings is 1. The Morgan fingerprint density at radius 2 is 1.94 bits per heavy atom. The Morgan fingerprint density at radius 3 is 2.44 bits per heavy atom. The van der Waals surface area contributed by atoms with Gasteiger partial charge in [-0.1, -0.05) is 25.9 Å². The molecule has 0 aliphatic carbocycles. The lowest BCUT2D eigenvalue weighted by Gasteiger charge is -2.10. The lowest BCUT2D eigenvalue weighted by Crippen LogP contribution is -2.13. The van der Waals surface area contributed by atoms with E-state index in [1.54, 1.807) is 6.20 Å². The van der Waals surface area contributed by atoms with Crippen molar-refractivity contribution in [2.24, 2.45) is 0 Å². The Hall–Kier alpha value is -1.71. The van der Waals surface area contributed by atoms with Gasteiger partial charge in [-0.3, -0.25) is 4.98 Å². The molecule has 0 unspecified atom stereocenters. The van der Waals surface area contributed by atoms with Crippen molar-refractivity contribution in [1.82, 2.24) is 15.1 Å². The van der Waals surface area contributed by atoms with Crippen molar-refractivity contribution in [3.05, 3.63) is 29.8 Å². The van der Waals surface area contributed by atoms with E-state index in [0.29, 0.717) is 11.7 Å². The smallest absolute Gasteiger partial charge is 0.259 e. The molecule has 0 spiro atoms. The average molecular weight is 217 g/mol. The highest BCUT2D eigenvalue weighted by Gasteiger charge is 2.21. The van der Waals surface area contributed by atoms with Crippen LogP contribution in [0.15, 0.2) is 22.9 Å². The third-order valence-electron chi connectivity index (χ3n) is 2.26. The standard InChI is InChI=1S/C12H15N3O/c1-8-5-6-9(7-13-8)10-14-11(15-16-10)12(2,3)4/h5-7H,1-4H3. The van der Waals surface area contributed by atoms with Crippen molar-refractivity contribution in [2.45, 2.75) is 33.1 Å². The summed E-state index contributed by atoms with van der Waals surface area (Å²) in [5.74, 6) is 1.24. The van der Waals surface area contributed by atoms with Gasteiger partial charge in [0.1, 0.15) is 0 Å². The fourth-order valence-electron chi connectivity index (χ4n) is 1.24. The zero-order chi connectivity index (χ0) is 11.8. The van der Waals surface area contributed by atoms with Crippen molar-refractivity contribution in [3.8, 4) is 11.5 Å². The fraction of sp³-hybridized carbons (Fsp3) is 0.417. The second kappa shape index (κ2) is 3.70. The summed E-state index contributed by atoms with van der Waals surface area (Å²) in [7, 11) is 0. The van der Waals surface area contributed by atoms with Crippen LogP contribution < -0.4 is 0 Å². The molecule has 0 aliphatic rings. The summed E-state index contributed by atoms with van der Waals surface area (Å²) in [5, 5.41) is 3.97. The molecular formula is C12H15N3O. The van der Waals surface area contributed by atoms with E-state index in [1.165, 1.54) is 0 Å². The van der Waals surface area contributed by atoms with E-state index < -0.39 is 0 Å². The molecule has 0 N–H and O–H groups in total. The van der Waals surface area contributed by atoms with E-state index in [0.717, 1.165) is 11.3 Å². The van der Waals surface area contributed by atoms with Gasteiger partial charge in [-0.25, -0.2) is 0 Å². The van der Waals surface area contributed by atoms with Crippen molar-refractivity contribution in [1.29, 1.82) is 0 Å². The zero-order valence-electron chi connectivity index (χ0n) is 9.98. The van der Waals surface area contributed by atoms with Gasteiger partial charge in [0.15, 0.2) is 5.82 Å². The van der Waals surface area contributed by atoms with E-state index in [2.05, 4.69) is 35.9 Å². The summed E-state index contributed by atoms with van der Waals surface area (Å²) in [4.78, 5) is 8.56. The molecule has 0 bridgehead atoms. The van der Waals surface area contributed by atoms with Gasteiger partial charge >= 0.3 is 0 Å². The highest BCUT2D eigenvalue weighted by molar-refractivity contribution is 5.51. The van der Waals surface area contributed by atoms with Gasteiger partial charge in [0.25, 0.3) is 5.89 Å². The van der Waals surface area contributed by atoms with Gasteiger partial charge in [-0.15, -0.1) is 0 Å². The lowest BCUT2D eigenvalue weighted by atomic mass is 9.96. The van der Waals surface area contributed by atoms with Crippen LogP contribution in [0.5, 0.6) is 0 Å². The molecule has 2 rings (SSSR count). The molecule has 2 aromatic heterocycles. The molecule has 0 saturated heterocycles. The van der Waals surface area contributed by atoms with E-state index in [9.17, 15) is 0 Å². The molecule has 0 aromatic carbocycles.